The van der Waals surface area contributed by atoms with Crippen LogP contribution in [0.5, 0.6) is 0 Å². The topological polar surface area (TPSA) is 72.4 Å². The summed E-state index contributed by atoms with van der Waals surface area (Å²) in [5, 5.41) is 3.40. The van der Waals surface area contributed by atoms with E-state index in [2.05, 4.69) is 43.5 Å². The van der Waals surface area contributed by atoms with Crippen LogP contribution in [0, 0.1) is 0 Å². The molecule has 2 N–H and O–H groups in total. The molecule has 1 aromatic carbocycles. The molecule has 8 heteroatoms. The van der Waals surface area contributed by atoms with E-state index in [-0.39, 0.29) is 24.0 Å². The molecule has 0 bridgehead atoms. The molecular weight excluding hydrogens is 477 g/mol. The number of H-pyrrole nitrogens is 1. The smallest absolute Gasteiger partial charge is 0.194 e. The van der Waals surface area contributed by atoms with Gasteiger partial charge in [0.2, 0.25) is 0 Å². The van der Waals surface area contributed by atoms with E-state index in [1.807, 2.05) is 67.6 Å². The summed E-state index contributed by atoms with van der Waals surface area (Å²) >= 11 is 0. The summed E-state index contributed by atoms with van der Waals surface area (Å²) in [6.07, 6.45) is 3.70. The van der Waals surface area contributed by atoms with Crippen LogP contribution in [0.4, 0.5) is 5.82 Å². The van der Waals surface area contributed by atoms with Crippen molar-refractivity contribution in [1.29, 1.82) is 0 Å². The molecule has 3 aromatic rings. The van der Waals surface area contributed by atoms with E-state index >= 15 is 0 Å². The number of nitrogens with zero attached hydrogens (tertiary/aromatic N) is 5. The fraction of sp³-hybridized carbons (Fsp3) is 0.286. The Morgan fingerprint density at radius 2 is 1.86 bits per heavy atom. The lowest BCUT2D eigenvalue weighted by Crippen LogP contribution is -2.38. The van der Waals surface area contributed by atoms with Crippen molar-refractivity contribution in [1.82, 2.24) is 25.2 Å². The van der Waals surface area contributed by atoms with Crippen LogP contribution in [0.2, 0.25) is 0 Å². The first-order valence-electron chi connectivity index (χ1n) is 9.20. The van der Waals surface area contributed by atoms with Gasteiger partial charge >= 0.3 is 0 Å². The lowest BCUT2D eigenvalue weighted by Gasteiger charge is -2.21. The number of halogens is 1. The molecule has 0 saturated heterocycles. The monoisotopic (exact) mass is 505 g/mol. The number of aromatic amines is 1. The van der Waals surface area contributed by atoms with Gasteiger partial charge in [0.15, 0.2) is 5.96 Å². The van der Waals surface area contributed by atoms with Crippen LogP contribution in [0.3, 0.4) is 0 Å². The SMILES string of the molecule is CN=C(NCc1ccnc(N(C)C)c1)N(C)Cc1ncc(-c2ccccc2)[nH]1.I. The number of hydrogen-bond donors (Lipinski definition) is 2. The number of hydrogen-bond acceptors (Lipinski definition) is 4. The molecule has 154 valence electrons. The van der Waals surface area contributed by atoms with Crippen molar-refractivity contribution in [3.05, 3.63) is 66.2 Å². The van der Waals surface area contributed by atoms with Gasteiger partial charge in [-0.15, -0.1) is 24.0 Å². The number of pyridine rings is 1. The zero-order valence-electron chi connectivity index (χ0n) is 17.3. The lowest BCUT2D eigenvalue weighted by atomic mass is 10.2. The molecule has 0 radical (unpaired) electrons. The normalized spacial score (nSPS) is 11.0. The van der Waals surface area contributed by atoms with Gasteiger partial charge in [-0.2, -0.15) is 0 Å². The number of aromatic nitrogens is 3. The number of rotatable bonds is 6. The Kier molecular flexibility index (Phi) is 8.44. The van der Waals surface area contributed by atoms with Crippen LogP contribution in [-0.4, -0.2) is 54.0 Å². The van der Waals surface area contributed by atoms with E-state index in [1.54, 1.807) is 7.05 Å². The molecule has 2 aromatic heterocycles. The van der Waals surface area contributed by atoms with E-state index in [0.29, 0.717) is 13.1 Å². The van der Waals surface area contributed by atoms with Crippen LogP contribution < -0.4 is 10.2 Å². The highest BCUT2D eigenvalue weighted by Gasteiger charge is 2.10. The summed E-state index contributed by atoms with van der Waals surface area (Å²) in [5.41, 5.74) is 3.29. The number of imidazole rings is 1. The third-order valence-corrected chi connectivity index (χ3v) is 4.39. The number of aliphatic imine (C=N–C) groups is 1. The van der Waals surface area contributed by atoms with Crippen molar-refractivity contribution in [2.75, 3.05) is 33.1 Å². The molecule has 7 nitrogen and oxygen atoms in total. The van der Waals surface area contributed by atoms with Gasteiger partial charge in [0.1, 0.15) is 11.6 Å². The highest BCUT2D eigenvalue weighted by atomic mass is 127. The second-order valence-corrected chi connectivity index (χ2v) is 6.78. The first-order valence-corrected chi connectivity index (χ1v) is 9.20. The maximum atomic E-state index is 4.50. The zero-order valence-corrected chi connectivity index (χ0v) is 19.6. The van der Waals surface area contributed by atoms with Crippen molar-refractivity contribution < 1.29 is 0 Å². The summed E-state index contributed by atoms with van der Waals surface area (Å²) < 4.78 is 0. The molecule has 0 spiro atoms. The van der Waals surface area contributed by atoms with Crippen molar-refractivity contribution in [3.63, 3.8) is 0 Å². The molecule has 0 unspecified atom stereocenters. The van der Waals surface area contributed by atoms with Gasteiger partial charge in [-0.25, -0.2) is 9.97 Å². The minimum absolute atomic E-state index is 0. The van der Waals surface area contributed by atoms with Gasteiger partial charge in [-0.3, -0.25) is 4.99 Å². The van der Waals surface area contributed by atoms with Gasteiger partial charge in [-0.1, -0.05) is 30.3 Å². The van der Waals surface area contributed by atoms with Crippen LogP contribution in [0.15, 0.2) is 59.9 Å². The van der Waals surface area contributed by atoms with E-state index in [0.717, 1.165) is 34.4 Å². The minimum atomic E-state index is 0. The molecule has 0 aliphatic heterocycles. The molecule has 0 atom stereocenters. The summed E-state index contributed by atoms with van der Waals surface area (Å²) in [6, 6.07) is 14.3. The fourth-order valence-corrected chi connectivity index (χ4v) is 2.89. The Morgan fingerprint density at radius 1 is 1.10 bits per heavy atom. The first kappa shape index (κ1) is 22.7. The summed E-state index contributed by atoms with van der Waals surface area (Å²) in [6.45, 7) is 1.31. The number of guanidine groups is 1. The van der Waals surface area contributed by atoms with E-state index in [1.165, 1.54) is 0 Å². The molecule has 2 heterocycles. The molecule has 0 aliphatic carbocycles. The van der Waals surface area contributed by atoms with Crippen molar-refractivity contribution in [2.24, 2.45) is 4.99 Å². The number of anilines is 1. The number of benzene rings is 1. The van der Waals surface area contributed by atoms with Crippen LogP contribution in [-0.2, 0) is 13.1 Å². The van der Waals surface area contributed by atoms with Gasteiger partial charge in [-0.05, 0) is 23.3 Å². The van der Waals surface area contributed by atoms with Crippen LogP contribution >= 0.6 is 24.0 Å². The van der Waals surface area contributed by atoms with E-state index < -0.39 is 0 Å². The maximum Gasteiger partial charge on any atom is 0.194 e. The second kappa shape index (κ2) is 10.8. The maximum absolute atomic E-state index is 4.50. The fourth-order valence-electron chi connectivity index (χ4n) is 2.89. The van der Waals surface area contributed by atoms with E-state index in [9.17, 15) is 0 Å². The minimum Gasteiger partial charge on any atom is -0.363 e. The standard InChI is InChI=1S/C21H27N7.HI/c1-22-21(25-13-16-10-11-23-20(12-16)27(2)3)28(4)15-19-24-14-18(26-19)17-8-6-5-7-9-17;/h5-12,14H,13,15H2,1-4H3,(H,22,25)(H,24,26);1H. The second-order valence-electron chi connectivity index (χ2n) is 6.78. The average molecular weight is 505 g/mol. The molecule has 0 saturated carbocycles. The average Bonchev–Trinajstić information content (AvgIpc) is 3.18. The molecular formula is C21H28IN7. The van der Waals surface area contributed by atoms with Gasteiger partial charge < -0.3 is 20.1 Å². The molecule has 3 rings (SSSR count). The van der Waals surface area contributed by atoms with Crippen molar-refractivity contribution in [3.8, 4) is 11.3 Å². The third kappa shape index (κ3) is 6.18. The largest absolute Gasteiger partial charge is 0.363 e. The zero-order chi connectivity index (χ0) is 19.9. The summed E-state index contributed by atoms with van der Waals surface area (Å²) in [4.78, 5) is 20.7. The Bertz CT molecular complexity index is 922. The van der Waals surface area contributed by atoms with Crippen LogP contribution in [0.1, 0.15) is 11.4 Å². The summed E-state index contributed by atoms with van der Waals surface area (Å²) in [5.74, 6) is 2.63. The van der Waals surface area contributed by atoms with Crippen molar-refractivity contribution in [2.45, 2.75) is 13.1 Å². The molecule has 29 heavy (non-hydrogen) atoms. The predicted molar refractivity (Wildman–Crippen MR) is 130 cm³/mol. The Labute approximate surface area is 189 Å². The van der Waals surface area contributed by atoms with Crippen LogP contribution in [0.25, 0.3) is 11.3 Å². The lowest BCUT2D eigenvalue weighted by molar-refractivity contribution is 0.464. The Hall–Kier alpha value is -2.62. The summed E-state index contributed by atoms with van der Waals surface area (Å²) in [7, 11) is 7.75. The molecule has 0 amide bonds. The predicted octanol–water partition coefficient (Wildman–Crippen LogP) is 3.36. The highest BCUT2D eigenvalue weighted by molar-refractivity contribution is 14.0. The van der Waals surface area contributed by atoms with Gasteiger partial charge in [0.25, 0.3) is 0 Å². The molecule has 0 fully saturated rings. The Morgan fingerprint density at radius 3 is 2.55 bits per heavy atom. The van der Waals surface area contributed by atoms with Crippen molar-refractivity contribution >= 4 is 35.8 Å². The first-order chi connectivity index (χ1) is 13.6. The highest BCUT2D eigenvalue weighted by Crippen LogP contribution is 2.16. The van der Waals surface area contributed by atoms with Gasteiger partial charge in [0.05, 0.1) is 18.4 Å². The van der Waals surface area contributed by atoms with Gasteiger partial charge in [0, 0.05) is 40.9 Å². The Balaban J connectivity index is 0.00000300. The number of nitrogens with one attached hydrogen (secondary N) is 2. The quantitative estimate of drug-likeness (QED) is 0.306. The van der Waals surface area contributed by atoms with E-state index in [4.69, 9.17) is 0 Å². The molecule has 0 aliphatic rings. The third-order valence-electron chi connectivity index (χ3n) is 4.39.